The lowest BCUT2D eigenvalue weighted by atomic mass is 9.97. The molecule has 0 radical (unpaired) electrons. The van der Waals surface area contributed by atoms with Gasteiger partial charge in [0.15, 0.2) is 0 Å². The summed E-state index contributed by atoms with van der Waals surface area (Å²) in [6.07, 6.45) is 7.98. The molecule has 1 nitrogen and oxygen atoms in total. The van der Waals surface area contributed by atoms with Gasteiger partial charge in [-0.15, -0.1) is 0 Å². The van der Waals surface area contributed by atoms with Crippen molar-refractivity contribution >= 4 is 35.2 Å². The van der Waals surface area contributed by atoms with E-state index in [0.29, 0.717) is 0 Å². The van der Waals surface area contributed by atoms with Crippen molar-refractivity contribution in [1.82, 2.24) is 0 Å². The van der Waals surface area contributed by atoms with Crippen LogP contribution < -0.4 is 10.4 Å². The van der Waals surface area contributed by atoms with Gasteiger partial charge in [-0.1, -0.05) is 24.3 Å². The molecule has 17 heavy (non-hydrogen) atoms. The Morgan fingerprint density at radius 1 is 1.29 bits per heavy atom. The summed E-state index contributed by atoms with van der Waals surface area (Å²) in [4.78, 5) is 4.15. The molecule has 0 aromatic heterocycles. The van der Waals surface area contributed by atoms with E-state index in [1.165, 1.54) is 28.8 Å². The highest BCUT2D eigenvalue weighted by atomic mass is 32.1. The molecule has 0 unspecified atom stereocenters. The molecule has 0 spiro atoms. The van der Waals surface area contributed by atoms with Gasteiger partial charge >= 0.3 is 0 Å². The van der Waals surface area contributed by atoms with Crippen LogP contribution in [-0.4, -0.2) is 5.16 Å². The van der Waals surface area contributed by atoms with Crippen molar-refractivity contribution in [3.8, 4) is 0 Å². The smallest absolute Gasteiger partial charge is 0.0818 e. The molecule has 0 heterocycles. The van der Waals surface area contributed by atoms with Gasteiger partial charge in [-0.05, 0) is 60.3 Å². The van der Waals surface area contributed by atoms with E-state index in [9.17, 15) is 0 Å². The lowest BCUT2D eigenvalue weighted by Crippen LogP contribution is -2.30. The van der Waals surface area contributed by atoms with Crippen LogP contribution in [0.3, 0.4) is 0 Å². The molecule has 1 saturated carbocycles. The number of thiocarbonyl (C=S) groups is 1. The number of hydrogen-bond acceptors (Lipinski definition) is 2. The summed E-state index contributed by atoms with van der Waals surface area (Å²) in [5, 5.41) is 4.97. The van der Waals surface area contributed by atoms with E-state index in [1.807, 2.05) is 0 Å². The quantitative estimate of drug-likeness (QED) is 0.571. The van der Waals surface area contributed by atoms with Crippen LogP contribution >= 0.6 is 12.2 Å². The molecule has 1 aromatic rings. The molecule has 84 valence electrons. The first-order valence-corrected chi connectivity index (χ1v) is 6.31. The van der Waals surface area contributed by atoms with Crippen molar-refractivity contribution in [3.63, 3.8) is 0 Å². The van der Waals surface area contributed by atoms with E-state index in [0.717, 1.165) is 23.6 Å². The van der Waals surface area contributed by atoms with Gasteiger partial charge < -0.3 is 0 Å². The molecule has 0 saturated heterocycles. The zero-order valence-corrected chi connectivity index (χ0v) is 10.4. The van der Waals surface area contributed by atoms with Crippen LogP contribution in [0.25, 0.3) is 12.2 Å². The number of rotatable bonds is 2. The van der Waals surface area contributed by atoms with E-state index in [1.54, 1.807) is 0 Å². The first-order valence-electron chi connectivity index (χ1n) is 5.90. The third kappa shape index (κ3) is 1.90. The average Bonchev–Trinajstić information content (AvgIpc) is 3.14. The molecule has 1 aromatic carbocycles. The van der Waals surface area contributed by atoms with Crippen molar-refractivity contribution in [2.75, 3.05) is 0 Å². The van der Waals surface area contributed by atoms with Gasteiger partial charge in [0.05, 0.1) is 10.8 Å². The second-order valence-corrected chi connectivity index (χ2v) is 4.87. The Kier molecular flexibility index (Phi) is 2.54. The zero-order chi connectivity index (χ0) is 11.8. The normalized spacial score (nSPS) is 17.5. The molecule has 1 fully saturated rings. The maximum Gasteiger partial charge on any atom is 0.0818 e. The molecule has 0 N–H and O–H groups in total. The van der Waals surface area contributed by atoms with Crippen LogP contribution in [0.1, 0.15) is 30.7 Å². The highest BCUT2D eigenvalue weighted by molar-refractivity contribution is 7.78. The van der Waals surface area contributed by atoms with Gasteiger partial charge in [0.25, 0.3) is 0 Å². The summed E-state index contributed by atoms with van der Waals surface area (Å²) in [7, 11) is 0. The third-order valence-corrected chi connectivity index (χ3v) is 3.49. The molecule has 2 aliphatic rings. The molecule has 0 bridgehead atoms. The second-order valence-electron chi connectivity index (χ2n) is 4.69. The zero-order valence-electron chi connectivity index (χ0n) is 9.57. The fourth-order valence-corrected chi connectivity index (χ4v) is 2.51. The third-order valence-electron chi connectivity index (χ3n) is 3.40. The minimum atomic E-state index is 0.755. The summed E-state index contributed by atoms with van der Waals surface area (Å²) in [5.41, 5.74) is 3.51. The van der Waals surface area contributed by atoms with E-state index in [-0.39, 0.29) is 0 Å². The SMILES string of the molecule is C=C1C=c2c(N=C=S)ccc(C3CC3)c2=CC1. The Morgan fingerprint density at radius 3 is 2.82 bits per heavy atom. The van der Waals surface area contributed by atoms with Gasteiger partial charge in [0.1, 0.15) is 0 Å². The lowest BCUT2D eigenvalue weighted by Gasteiger charge is -2.09. The summed E-state index contributed by atoms with van der Waals surface area (Å²) in [5.74, 6) is 0.755. The van der Waals surface area contributed by atoms with Crippen LogP contribution in [0.4, 0.5) is 5.69 Å². The van der Waals surface area contributed by atoms with Crippen LogP contribution in [0.2, 0.25) is 0 Å². The predicted octanol–water partition coefficient (Wildman–Crippen LogP) is 2.82. The number of allylic oxidation sites excluding steroid dienone is 1. The fourth-order valence-electron chi connectivity index (χ4n) is 2.41. The molecular formula is C15H13NS. The molecule has 2 aliphatic carbocycles. The lowest BCUT2D eigenvalue weighted by molar-refractivity contribution is 1.09. The van der Waals surface area contributed by atoms with Crippen LogP contribution in [0.15, 0.2) is 29.3 Å². The Balaban J connectivity index is 2.35. The number of hydrogen-bond donors (Lipinski definition) is 0. The summed E-state index contributed by atoms with van der Waals surface area (Å²) < 4.78 is 0. The predicted molar refractivity (Wildman–Crippen MR) is 75.0 cm³/mol. The monoisotopic (exact) mass is 239 g/mol. The van der Waals surface area contributed by atoms with Crippen molar-refractivity contribution in [2.45, 2.75) is 25.2 Å². The Labute approximate surface area is 106 Å². The molecule has 0 aliphatic heterocycles. The van der Waals surface area contributed by atoms with E-state index in [4.69, 9.17) is 12.2 Å². The van der Waals surface area contributed by atoms with Gasteiger partial charge in [-0.25, -0.2) is 0 Å². The Morgan fingerprint density at radius 2 is 2.12 bits per heavy atom. The average molecular weight is 239 g/mol. The standard InChI is InChI=1S/C15H13NS/c1-10-2-5-13-12(11-3-4-11)6-7-15(16-9-17)14(13)8-10/h5-8,11H,1-4H2. The van der Waals surface area contributed by atoms with Crippen LogP contribution in [0, 0.1) is 0 Å². The summed E-state index contributed by atoms with van der Waals surface area (Å²) >= 11 is 4.70. The Bertz CT molecular complexity index is 659. The number of benzene rings is 1. The van der Waals surface area contributed by atoms with Gasteiger partial charge in [-0.2, -0.15) is 4.99 Å². The first kappa shape index (κ1) is 10.6. The first-order chi connectivity index (χ1) is 8.29. The number of isothiocyanates is 1. The number of nitrogens with zero attached hydrogens (tertiary/aromatic N) is 1. The minimum absolute atomic E-state index is 0.755. The van der Waals surface area contributed by atoms with Crippen LogP contribution in [-0.2, 0) is 0 Å². The summed E-state index contributed by atoms with van der Waals surface area (Å²) in [6, 6.07) is 4.25. The van der Waals surface area contributed by atoms with Crippen molar-refractivity contribution < 1.29 is 0 Å². The second kappa shape index (κ2) is 4.06. The van der Waals surface area contributed by atoms with Gasteiger partial charge in [0, 0.05) is 5.22 Å². The van der Waals surface area contributed by atoms with E-state index < -0.39 is 0 Å². The van der Waals surface area contributed by atoms with Crippen molar-refractivity contribution in [1.29, 1.82) is 0 Å². The topological polar surface area (TPSA) is 12.4 Å². The number of fused-ring (bicyclic) bond motifs is 1. The molecule has 0 atom stereocenters. The van der Waals surface area contributed by atoms with Crippen LogP contribution in [0.5, 0.6) is 0 Å². The number of aliphatic imine (C=N–C) groups is 1. The van der Waals surface area contributed by atoms with Crippen molar-refractivity contribution in [3.05, 3.63) is 40.3 Å². The molecule has 3 rings (SSSR count). The molecular weight excluding hydrogens is 226 g/mol. The highest BCUT2D eigenvalue weighted by Crippen LogP contribution is 2.38. The van der Waals surface area contributed by atoms with E-state index >= 15 is 0 Å². The molecule has 0 amide bonds. The highest BCUT2D eigenvalue weighted by Gasteiger charge is 2.25. The van der Waals surface area contributed by atoms with Gasteiger partial charge in [0.2, 0.25) is 0 Å². The molecule has 2 heteroatoms. The van der Waals surface area contributed by atoms with Crippen molar-refractivity contribution in [2.24, 2.45) is 4.99 Å². The maximum atomic E-state index is 4.70. The Hall–Kier alpha value is -1.50. The summed E-state index contributed by atoms with van der Waals surface area (Å²) in [6.45, 7) is 4.03. The maximum absolute atomic E-state index is 4.70. The fraction of sp³-hybridized carbons (Fsp3) is 0.267. The largest absolute Gasteiger partial charge is 0.194 e. The van der Waals surface area contributed by atoms with Gasteiger partial charge in [-0.3, -0.25) is 0 Å². The minimum Gasteiger partial charge on any atom is -0.194 e. The van der Waals surface area contributed by atoms with E-state index in [2.05, 4.69) is 41.0 Å².